The second kappa shape index (κ2) is 12.9. The largest absolute Gasteiger partial charge is 0.352 e. The van der Waals surface area contributed by atoms with Gasteiger partial charge in [-0.3, -0.25) is 13.9 Å². The van der Waals surface area contributed by atoms with Gasteiger partial charge in [0.2, 0.25) is 11.8 Å². The Hall–Kier alpha value is -3.43. The van der Waals surface area contributed by atoms with Gasteiger partial charge in [-0.2, -0.15) is 0 Å². The molecule has 38 heavy (non-hydrogen) atoms. The number of hydrogen-bond acceptors (Lipinski definition) is 4. The number of amides is 2. The number of nitrogens with zero attached hydrogens (tertiary/aromatic N) is 2. The van der Waals surface area contributed by atoms with Crippen molar-refractivity contribution < 1.29 is 22.4 Å². The maximum atomic E-state index is 13.9. The van der Waals surface area contributed by atoms with Gasteiger partial charge in [0, 0.05) is 17.6 Å². The van der Waals surface area contributed by atoms with Crippen LogP contribution in [0.5, 0.6) is 0 Å². The molecule has 0 bridgehead atoms. The van der Waals surface area contributed by atoms with Gasteiger partial charge in [0.15, 0.2) is 0 Å². The topological polar surface area (TPSA) is 86.8 Å². The first-order chi connectivity index (χ1) is 18.0. The first kappa shape index (κ1) is 29.1. The summed E-state index contributed by atoms with van der Waals surface area (Å²) in [6.07, 6.45) is 0.288. The maximum Gasteiger partial charge on any atom is 0.264 e. The number of anilines is 1. The Morgan fingerprint density at radius 2 is 1.55 bits per heavy atom. The molecule has 3 aromatic carbocycles. The van der Waals surface area contributed by atoms with Gasteiger partial charge in [-0.05, 0) is 68.3 Å². The van der Waals surface area contributed by atoms with E-state index in [1.165, 1.54) is 29.2 Å². The molecule has 0 saturated carbocycles. The molecule has 2 amide bonds. The van der Waals surface area contributed by atoms with Crippen molar-refractivity contribution in [2.24, 2.45) is 0 Å². The summed E-state index contributed by atoms with van der Waals surface area (Å²) in [6, 6.07) is 18.4. The fraction of sp³-hybridized carbons (Fsp3) is 0.286. The summed E-state index contributed by atoms with van der Waals surface area (Å²) < 4.78 is 41.9. The van der Waals surface area contributed by atoms with E-state index in [1.807, 2.05) is 13.8 Å². The standard InChI is InChI=1S/C28H31ClFN3O4S/c1-4-26(28(35)31-20(2)3)32(18-21-10-8-9-13-25(21)29)27(34)19-33(23-16-14-22(30)15-17-23)38(36,37)24-11-6-5-7-12-24/h5-17,20,26H,4,18-19H2,1-3H3,(H,31,35)/t26-/m0/s1. The minimum absolute atomic E-state index is 0.00876. The smallest absolute Gasteiger partial charge is 0.264 e. The van der Waals surface area contributed by atoms with E-state index in [9.17, 15) is 22.4 Å². The molecule has 0 aliphatic rings. The van der Waals surface area contributed by atoms with Gasteiger partial charge >= 0.3 is 0 Å². The van der Waals surface area contributed by atoms with Crippen LogP contribution >= 0.6 is 11.6 Å². The normalized spacial score (nSPS) is 12.2. The molecular weight excluding hydrogens is 529 g/mol. The molecule has 0 spiro atoms. The van der Waals surface area contributed by atoms with Crippen molar-refractivity contribution in [3.05, 3.63) is 95.3 Å². The van der Waals surface area contributed by atoms with Gasteiger partial charge in [0.25, 0.3) is 10.0 Å². The van der Waals surface area contributed by atoms with Crippen molar-refractivity contribution in [3.8, 4) is 0 Å². The Balaban J connectivity index is 2.06. The predicted octanol–water partition coefficient (Wildman–Crippen LogP) is 5.01. The molecule has 3 aromatic rings. The van der Waals surface area contributed by atoms with Crippen molar-refractivity contribution in [1.82, 2.24) is 10.2 Å². The fourth-order valence-electron chi connectivity index (χ4n) is 3.97. The molecule has 0 aromatic heterocycles. The lowest BCUT2D eigenvalue weighted by atomic mass is 10.1. The van der Waals surface area contributed by atoms with Crippen LogP contribution in [0.15, 0.2) is 83.8 Å². The van der Waals surface area contributed by atoms with Crippen LogP contribution in [0.3, 0.4) is 0 Å². The van der Waals surface area contributed by atoms with Crippen LogP contribution in [-0.4, -0.2) is 43.8 Å². The van der Waals surface area contributed by atoms with Gasteiger partial charge in [-0.25, -0.2) is 12.8 Å². The Labute approximate surface area is 228 Å². The van der Waals surface area contributed by atoms with Crippen LogP contribution in [0, 0.1) is 5.82 Å². The zero-order chi connectivity index (χ0) is 27.9. The van der Waals surface area contributed by atoms with Gasteiger partial charge in [0.1, 0.15) is 18.4 Å². The minimum Gasteiger partial charge on any atom is -0.352 e. The van der Waals surface area contributed by atoms with E-state index < -0.39 is 34.3 Å². The molecular formula is C28H31ClFN3O4S. The van der Waals surface area contributed by atoms with E-state index in [0.717, 1.165) is 16.4 Å². The summed E-state index contributed by atoms with van der Waals surface area (Å²) in [5.41, 5.74) is 0.721. The highest BCUT2D eigenvalue weighted by molar-refractivity contribution is 7.92. The van der Waals surface area contributed by atoms with Gasteiger partial charge in [-0.15, -0.1) is 0 Å². The van der Waals surface area contributed by atoms with E-state index >= 15 is 0 Å². The molecule has 1 N–H and O–H groups in total. The van der Waals surface area contributed by atoms with Gasteiger partial charge in [-0.1, -0.05) is 54.9 Å². The number of rotatable bonds is 11. The number of carbonyl (C=O) groups excluding carboxylic acids is 2. The van der Waals surface area contributed by atoms with Gasteiger partial charge in [0.05, 0.1) is 10.6 Å². The van der Waals surface area contributed by atoms with Crippen LogP contribution in [0.4, 0.5) is 10.1 Å². The molecule has 0 saturated heterocycles. The number of hydrogen-bond donors (Lipinski definition) is 1. The number of carbonyl (C=O) groups is 2. The SMILES string of the molecule is CC[C@@H](C(=O)NC(C)C)N(Cc1ccccc1Cl)C(=O)CN(c1ccc(F)cc1)S(=O)(=O)c1ccccc1. The van der Waals surface area contributed by atoms with Crippen molar-refractivity contribution >= 4 is 39.1 Å². The maximum absolute atomic E-state index is 13.9. The average molecular weight is 560 g/mol. The Bertz CT molecular complexity index is 1350. The van der Waals surface area contributed by atoms with Crippen molar-refractivity contribution in [3.63, 3.8) is 0 Å². The van der Waals surface area contributed by atoms with Crippen LogP contribution in [0.1, 0.15) is 32.8 Å². The number of benzene rings is 3. The van der Waals surface area contributed by atoms with Crippen LogP contribution < -0.4 is 9.62 Å². The van der Waals surface area contributed by atoms with Crippen LogP contribution in [0.25, 0.3) is 0 Å². The summed E-state index contributed by atoms with van der Waals surface area (Å²) in [6.45, 7) is 4.78. The Kier molecular flexibility index (Phi) is 9.88. The Morgan fingerprint density at radius 3 is 2.13 bits per heavy atom. The van der Waals surface area contributed by atoms with E-state index in [-0.39, 0.29) is 35.5 Å². The predicted molar refractivity (Wildman–Crippen MR) is 147 cm³/mol. The summed E-state index contributed by atoms with van der Waals surface area (Å²) in [5.74, 6) is -1.52. The highest BCUT2D eigenvalue weighted by Crippen LogP contribution is 2.26. The van der Waals surface area contributed by atoms with Crippen LogP contribution in [-0.2, 0) is 26.2 Å². The molecule has 10 heteroatoms. The zero-order valence-corrected chi connectivity index (χ0v) is 23.0. The lowest BCUT2D eigenvalue weighted by molar-refractivity contribution is -0.140. The van der Waals surface area contributed by atoms with Crippen molar-refractivity contribution in [2.75, 3.05) is 10.8 Å². The minimum atomic E-state index is -4.21. The van der Waals surface area contributed by atoms with Crippen molar-refractivity contribution in [1.29, 1.82) is 0 Å². The molecule has 7 nitrogen and oxygen atoms in total. The first-order valence-electron chi connectivity index (χ1n) is 12.2. The van der Waals surface area contributed by atoms with Gasteiger partial charge < -0.3 is 10.2 Å². The summed E-state index contributed by atoms with van der Waals surface area (Å²) in [7, 11) is -4.21. The summed E-state index contributed by atoms with van der Waals surface area (Å²) in [5, 5.41) is 3.25. The first-order valence-corrected chi connectivity index (χ1v) is 14.0. The van der Waals surface area contributed by atoms with E-state index in [0.29, 0.717) is 10.6 Å². The number of halogens is 2. The lowest BCUT2D eigenvalue weighted by Gasteiger charge is -2.33. The highest BCUT2D eigenvalue weighted by atomic mass is 35.5. The third-order valence-electron chi connectivity index (χ3n) is 5.84. The third-order valence-corrected chi connectivity index (χ3v) is 8.00. The average Bonchev–Trinajstić information content (AvgIpc) is 2.88. The van der Waals surface area contributed by atoms with Crippen molar-refractivity contribution in [2.45, 2.75) is 50.7 Å². The van der Waals surface area contributed by atoms with E-state index in [4.69, 9.17) is 11.6 Å². The monoisotopic (exact) mass is 559 g/mol. The molecule has 0 heterocycles. The Morgan fingerprint density at radius 1 is 0.947 bits per heavy atom. The highest BCUT2D eigenvalue weighted by Gasteiger charge is 2.34. The van der Waals surface area contributed by atoms with E-state index in [2.05, 4.69) is 5.32 Å². The second-order valence-electron chi connectivity index (χ2n) is 9.00. The quantitative estimate of drug-likeness (QED) is 0.358. The van der Waals surface area contributed by atoms with Crippen LogP contribution in [0.2, 0.25) is 5.02 Å². The third kappa shape index (κ3) is 7.11. The number of sulfonamides is 1. The zero-order valence-electron chi connectivity index (χ0n) is 21.5. The molecule has 202 valence electrons. The molecule has 3 rings (SSSR count). The molecule has 0 aliphatic carbocycles. The summed E-state index contributed by atoms with van der Waals surface area (Å²) >= 11 is 6.37. The fourth-order valence-corrected chi connectivity index (χ4v) is 5.60. The molecule has 1 atom stereocenters. The molecule has 0 aliphatic heterocycles. The lowest BCUT2D eigenvalue weighted by Crippen LogP contribution is -2.53. The second-order valence-corrected chi connectivity index (χ2v) is 11.3. The summed E-state index contributed by atoms with van der Waals surface area (Å²) in [4.78, 5) is 28.3. The molecule has 0 fully saturated rings. The molecule has 0 radical (unpaired) electrons. The number of nitrogens with one attached hydrogen (secondary N) is 1. The molecule has 0 unspecified atom stereocenters. The van der Waals surface area contributed by atoms with E-state index in [1.54, 1.807) is 49.4 Å².